The van der Waals surface area contributed by atoms with Gasteiger partial charge in [-0.1, -0.05) is 319 Å². The molecule has 1 amide bonds. The molecule has 9 nitrogen and oxygen atoms in total. The summed E-state index contributed by atoms with van der Waals surface area (Å²) in [6.07, 6.45) is 76.7. The van der Waals surface area contributed by atoms with Crippen LogP contribution >= 0.6 is 0 Å². The van der Waals surface area contributed by atoms with Crippen molar-refractivity contribution in [3.05, 3.63) is 48.6 Å². The first-order chi connectivity index (χ1) is 39.8. The molecule has 81 heavy (non-hydrogen) atoms. The Morgan fingerprint density at radius 2 is 0.704 bits per heavy atom. The second-order valence-corrected chi connectivity index (χ2v) is 24.7. The van der Waals surface area contributed by atoms with Gasteiger partial charge in [0.1, 0.15) is 24.4 Å². The molecule has 0 aromatic carbocycles. The molecule has 1 fully saturated rings. The molecule has 0 aliphatic carbocycles. The lowest BCUT2D eigenvalue weighted by Crippen LogP contribution is -2.60. The van der Waals surface area contributed by atoms with E-state index >= 15 is 0 Å². The number of amides is 1. The van der Waals surface area contributed by atoms with Crippen molar-refractivity contribution in [2.45, 2.75) is 391 Å². The Labute approximate surface area is 501 Å². The van der Waals surface area contributed by atoms with Crippen molar-refractivity contribution in [3.8, 4) is 0 Å². The largest absolute Gasteiger partial charge is 0.394 e. The van der Waals surface area contributed by atoms with Gasteiger partial charge in [0.25, 0.3) is 0 Å². The predicted molar refractivity (Wildman–Crippen MR) is 346 cm³/mol. The normalized spacial score (nSPS) is 18.6. The number of allylic oxidation sites excluding steroid dienone is 7. The Morgan fingerprint density at radius 1 is 0.407 bits per heavy atom. The third kappa shape index (κ3) is 50.1. The number of nitrogens with one attached hydrogen (secondary N) is 1. The SMILES string of the molecule is CCCCCCCCCCC/C=C/CC/C=C/CC/C=C/C(O)C(COC1OC(CO)C(O)C(O)C1O)NC(=O)CCCCCCCCCCCCCCCCCCC/C=C\CCCCCCCCCCCCCCCCCCCC. The number of carbonyl (C=O) groups excluding carboxylic acids is 1. The summed E-state index contributed by atoms with van der Waals surface area (Å²) >= 11 is 0. The third-order valence-corrected chi connectivity index (χ3v) is 16.9. The molecule has 0 radical (unpaired) electrons. The molecule has 1 aliphatic rings. The van der Waals surface area contributed by atoms with E-state index in [0.29, 0.717) is 6.42 Å². The molecule has 1 aliphatic heterocycles. The van der Waals surface area contributed by atoms with E-state index in [9.17, 15) is 30.3 Å². The average Bonchev–Trinajstić information content (AvgIpc) is 3.51. The van der Waals surface area contributed by atoms with Gasteiger partial charge >= 0.3 is 0 Å². The van der Waals surface area contributed by atoms with Gasteiger partial charge in [-0.05, 0) is 70.6 Å². The molecular formula is C72H135NO8. The summed E-state index contributed by atoms with van der Waals surface area (Å²) in [5.74, 6) is -0.186. The highest BCUT2D eigenvalue weighted by Crippen LogP contribution is 2.23. The van der Waals surface area contributed by atoms with Crippen LogP contribution in [0.3, 0.4) is 0 Å². The molecule has 9 heteroatoms. The highest BCUT2D eigenvalue weighted by Gasteiger charge is 2.44. The second kappa shape index (κ2) is 61.2. The monoisotopic (exact) mass is 1140 g/mol. The summed E-state index contributed by atoms with van der Waals surface area (Å²) in [5.41, 5.74) is 0. The van der Waals surface area contributed by atoms with Crippen LogP contribution in [0.1, 0.15) is 348 Å². The van der Waals surface area contributed by atoms with Crippen molar-refractivity contribution in [1.82, 2.24) is 5.32 Å². The molecule has 6 N–H and O–H groups in total. The van der Waals surface area contributed by atoms with Gasteiger partial charge in [0.2, 0.25) is 5.91 Å². The number of hydrogen-bond acceptors (Lipinski definition) is 8. The highest BCUT2D eigenvalue weighted by atomic mass is 16.7. The maximum Gasteiger partial charge on any atom is 0.220 e. The van der Waals surface area contributed by atoms with Gasteiger partial charge in [-0.25, -0.2) is 0 Å². The second-order valence-electron chi connectivity index (χ2n) is 24.7. The quantitative estimate of drug-likeness (QED) is 0.0261. The first-order valence-electron chi connectivity index (χ1n) is 35.4. The van der Waals surface area contributed by atoms with E-state index in [1.807, 2.05) is 6.08 Å². The van der Waals surface area contributed by atoms with E-state index in [1.54, 1.807) is 6.08 Å². The molecule has 0 saturated carbocycles. The molecule has 1 rings (SSSR count). The van der Waals surface area contributed by atoms with Gasteiger partial charge in [-0.3, -0.25) is 4.79 Å². The molecule has 1 heterocycles. The van der Waals surface area contributed by atoms with Crippen molar-refractivity contribution in [2.24, 2.45) is 0 Å². The number of rotatable bonds is 62. The third-order valence-electron chi connectivity index (χ3n) is 16.9. The van der Waals surface area contributed by atoms with Gasteiger partial charge in [0, 0.05) is 6.42 Å². The molecule has 0 aromatic heterocycles. The van der Waals surface area contributed by atoms with Gasteiger partial charge in [0.15, 0.2) is 6.29 Å². The summed E-state index contributed by atoms with van der Waals surface area (Å²) in [7, 11) is 0. The molecule has 1 saturated heterocycles. The van der Waals surface area contributed by atoms with Crippen LogP contribution in [0.2, 0.25) is 0 Å². The summed E-state index contributed by atoms with van der Waals surface area (Å²) in [6.45, 7) is 3.80. The lowest BCUT2D eigenvalue weighted by atomic mass is 9.99. The van der Waals surface area contributed by atoms with Crippen LogP contribution in [0.15, 0.2) is 48.6 Å². The number of aliphatic hydroxyl groups is 5. The molecule has 0 aromatic rings. The van der Waals surface area contributed by atoms with Gasteiger partial charge in [-0.2, -0.15) is 0 Å². The Balaban J connectivity index is 2.07. The minimum Gasteiger partial charge on any atom is -0.394 e. The Kier molecular flexibility index (Phi) is 58.3. The fourth-order valence-corrected chi connectivity index (χ4v) is 11.3. The van der Waals surface area contributed by atoms with E-state index in [-0.39, 0.29) is 12.5 Å². The van der Waals surface area contributed by atoms with Crippen LogP contribution in [0, 0.1) is 0 Å². The van der Waals surface area contributed by atoms with Crippen LogP contribution < -0.4 is 5.32 Å². The smallest absolute Gasteiger partial charge is 0.220 e. The zero-order chi connectivity index (χ0) is 58.6. The number of carbonyl (C=O) groups is 1. The topological polar surface area (TPSA) is 149 Å². The summed E-state index contributed by atoms with van der Waals surface area (Å²) in [4.78, 5) is 13.1. The Hall–Kier alpha value is -1.85. The minimum atomic E-state index is -1.58. The van der Waals surface area contributed by atoms with Crippen LogP contribution in [-0.4, -0.2) is 87.5 Å². The fourth-order valence-electron chi connectivity index (χ4n) is 11.3. The summed E-state index contributed by atoms with van der Waals surface area (Å²) in [6, 6.07) is -0.829. The predicted octanol–water partition coefficient (Wildman–Crippen LogP) is 19.2. The van der Waals surface area contributed by atoms with E-state index in [2.05, 4.69) is 55.6 Å². The van der Waals surface area contributed by atoms with Crippen molar-refractivity contribution < 1.29 is 39.8 Å². The number of hydrogen-bond donors (Lipinski definition) is 6. The van der Waals surface area contributed by atoms with Crippen LogP contribution in [-0.2, 0) is 14.3 Å². The summed E-state index contributed by atoms with van der Waals surface area (Å²) < 4.78 is 11.3. The van der Waals surface area contributed by atoms with Gasteiger partial charge in [-0.15, -0.1) is 0 Å². The minimum absolute atomic E-state index is 0.186. The zero-order valence-electron chi connectivity index (χ0n) is 53.3. The highest BCUT2D eigenvalue weighted by molar-refractivity contribution is 5.76. The van der Waals surface area contributed by atoms with Crippen molar-refractivity contribution in [3.63, 3.8) is 0 Å². The Morgan fingerprint density at radius 3 is 1.04 bits per heavy atom. The lowest BCUT2D eigenvalue weighted by molar-refractivity contribution is -0.302. The van der Waals surface area contributed by atoms with Gasteiger partial charge < -0.3 is 40.3 Å². The first kappa shape index (κ1) is 77.2. The van der Waals surface area contributed by atoms with Crippen molar-refractivity contribution >= 4 is 5.91 Å². The molecule has 0 spiro atoms. The van der Waals surface area contributed by atoms with Crippen LogP contribution in [0.4, 0.5) is 0 Å². The molecule has 476 valence electrons. The van der Waals surface area contributed by atoms with Crippen LogP contribution in [0.25, 0.3) is 0 Å². The van der Waals surface area contributed by atoms with Crippen molar-refractivity contribution in [2.75, 3.05) is 13.2 Å². The number of ether oxygens (including phenoxy) is 2. The van der Waals surface area contributed by atoms with E-state index in [1.165, 1.54) is 283 Å². The van der Waals surface area contributed by atoms with E-state index < -0.39 is 49.5 Å². The van der Waals surface area contributed by atoms with Gasteiger partial charge in [0.05, 0.1) is 25.4 Å². The molecule has 7 atom stereocenters. The number of unbranched alkanes of at least 4 members (excludes halogenated alkanes) is 46. The lowest BCUT2D eigenvalue weighted by Gasteiger charge is -2.40. The molecule has 0 bridgehead atoms. The standard InChI is InChI=1S/C72H135NO8/c1-3-5-7-9-11-13-15-17-19-21-23-24-25-26-27-28-29-30-31-32-33-34-35-36-37-38-39-40-41-42-44-46-48-50-52-54-56-58-60-62-68(76)73-65(64-80-72-71(79)70(78)69(77)67(63-74)81-72)66(75)61-59-57-55-53-51-49-47-45-43-22-20-18-16-14-12-10-8-6-4-2/h32-33,43,45,51,53,59,61,65-67,69-72,74-75,77-79H,3-31,34-42,44,46-50,52,54-58,60,62-64H2,1-2H3,(H,73,76)/b33-32-,45-43+,53-51+,61-59+. The Bertz CT molecular complexity index is 1420. The maximum absolute atomic E-state index is 13.1. The van der Waals surface area contributed by atoms with E-state index in [0.717, 1.165) is 44.9 Å². The zero-order valence-corrected chi connectivity index (χ0v) is 53.3. The first-order valence-corrected chi connectivity index (χ1v) is 35.4. The summed E-state index contributed by atoms with van der Waals surface area (Å²) in [5, 5.41) is 54.6. The average molecular weight is 1140 g/mol. The molecule has 7 unspecified atom stereocenters. The number of aliphatic hydroxyl groups excluding tert-OH is 5. The maximum atomic E-state index is 13.1. The molecular weight excluding hydrogens is 1010 g/mol. The van der Waals surface area contributed by atoms with Crippen molar-refractivity contribution in [1.29, 1.82) is 0 Å². The van der Waals surface area contributed by atoms with E-state index in [4.69, 9.17) is 9.47 Å². The fraction of sp³-hybridized carbons (Fsp3) is 0.875. The van der Waals surface area contributed by atoms with Crippen LogP contribution in [0.5, 0.6) is 0 Å².